The lowest BCUT2D eigenvalue weighted by Gasteiger charge is -2.30. The first-order chi connectivity index (χ1) is 12.4. The molecule has 6 heteroatoms. The summed E-state index contributed by atoms with van der Waals surface area (Å²) in [6, 6.07) is 10.4. The third-order valence-electron chi connectivity index (χ3n) is 4.30. The second-order valence-corrected chi connectivity index (χ2v) is 7.10. The molecule has 138 valence electrons. The molecule has 1 aliphatic rings. The number of nitrogens with one attached hydrogen (secondary N) is 1. The molecule has 0 saturated carbocycles. The van der Waals surface area contributed by atoms with Gasteiger partial charge in [-0.25, -0.2) is 0 Å². The van der Waals surface area contributed by atoms with Crippen LogP contribution in [-0.2, 0) is 11.3 Å². The van der Waals surface area contributed by atoms with E-state index in [9.17, 15) is 9.70 Å². The Morgan fingerprint density at radius 1 is 1.23 bits per heavy atom. The normalized spacial score (nSPS) is 15.7. The van der Waals surface area contributed by atoms with E-state index in [2.05, 4.69) is 48.9 Å². The van der Waals surface area contributed by atoms with Gasteiger partial charge in [-0.2, -0.15) is 0 Å². The summed E-state index contributed by atoms with van der Waals surface area (Å²) in [7, 11) is 6.17. The first-order valence-electron chi connectivity index (χ1n) is 8.71. The van der Waals surface area contributed by atoms with Gasteiger partial charge < -0.3 is 14.7 Å². The van der Waals surface area contributed by atoms with E-state index in [1.54, 1.807) is 30.3 Å². The highest BCUT2D eigenvalue weighted by Crippen LogP contribution is 2.15. The molecule has 0 radical (unpaired) electrons. The molecule has 0 fully saturated rings. The Balaban J connectivity index is 1.76. The van der Waals surface area contributed by atoms with Crippen LogP contribution in [0.2, 0.25) is 0 Å². The molecule has 0 atom stereocenters. The van der Waals surface area contributed by atoms with E-state index in [1.807, 2.05) is 6.07 Å². The first-order valence-corrected chi connectivity index (χ1v) is 8.71. The molecule has 1 heterocycles. The standard InChI is InChI=1S/C20H26N4O2/c1-23-15-18(10-11-19(23)14-22-26)20(25)21-12-7-13-24(2,3)16-17-8-5-4-6-9-17/h4-6,8-11,14-15H,7,12-13,16H2,1-3H3/p+1. The molecule has 1 aromatic carbocycles. The Morgan fingerprint density at radius 2 is 1.96 bits per heavy atom. The van der Waals surface area contributed by atoms with Crippen LogP contribution in [0.5, 0.6) is 0 Å². The summed E-state index contributed by atoms with van der Waals surface area (Å²) >= 11 is 0. The molecule has 1 aliphatic heterocycles. The molecule has 26 heavy (non-hydrogen) atoms. The van der Waals surface area contributed by atoms with Gasteiger partial charge in [0.05, 0.1) is 38.1 Å². The van der Waals surface area contributed by atoms with Gasteiger partial charge in [0, 0.05) is 31.8 Å². The smallest absolute Gasteiger partial charge is 0.252 e. The molecule has 0 aromatic heterocycles. The van der Waals surface area contributed by atoms with Gasteiger partial charge in [-0.05, 0) is 17.3 Å². The van der Waals surface area contributed by atoms with Crippen LogP contribution in [0, 0.1) is 4.91 Å². The van der Waals surface area contributed by atoms with Gasteiger partial charge >= 0.3 is 0 Å². The summed E-state index contributed by atoms with van der Waals surface area (Å²) in [5.41, 5.74) is 2.53. The SMILES string of the molecule is CN1C=C(C(=O)NCCC[N+](C)(C)Cc2ccccc2)C=CC1=CN=O. The van der Waals surface area contributed by atoms with E-state index in [0.29, 0.717) is 17.8 Å². The van der Waals surface area contributed by atoms with Crippen molar-refractivity contribution >= 4 is 5.91 Å². The lowest BCUT2D eigenvalue weighted by Crippen LogP contribution is -2.41. The van der Waals surface area contributed by atoms with Crippen LogP contribution in [0.4, 0.5) is 0 Å². The fourth-order valence-electron chi connectivity index (χ4n) is 2.91. The highest BCUT2D eigenvalue weighted by Gasteiger charge is 2.16. The Labute approximate surface area is 155 Å². The number of rotatable bonds is 8. The number of hydrogen-bond acceptors (Lipinski definition) is 4. The average Bonchev–Trinajstić information content (AvgIpc) is 2.61. The van der Waals surface area contributed by atoms with E-state index in [1.165, 1.54) is 11.8 Å². The maximum Gasteiger partial charge on any atom is 0.252 e. The summed E-state index contributed by atoms with van der Waals surface area (Å²) in [6.45, 7) is 2.57. The molecule has 0 unspecified atom stereocenters. The Kier molecular flexibility index (Phi) is 6.86. The second kappa shape index (κ2) is 9.10. The third-order valence-corrected chi connectivity index (χ3v) is 4.30. The number of nitroso groups, excluding NO2 is 1. The van der Waals surface area contributed by atoms with Gasteiger partial charge in [0.1, 0.15) is 6.54 Å². The van der Waals surface area contributed by atoms with Gasteiger partial charge in [0.15, 0.2) is 0 Å². The van der Waals surface area contributed by atoms with Crippen LogP contribution in [-0.4, -0.2) is 49.5 Å². The summed E-state index contributed by atoms with van der Waals surface area (Å²) in [5.74, 6) is -0.112. The highest BCUT2D eigenvalue weighted by molar-refractivity contribution is 5.96. The van der Waals surface area contributed by atoms with Crippen molar-refractivity contribution in [2.75, 3.05) is 34.2 Å². The van der Waals surface area contributed by atoms with Crippen molar-refractivity contribution in [1.29, 1.82) is 0 Å². The Morgan fingerprint density at radius 3 is 2.62 bits per heavy atom. The predicted octanol–water partition coefficient (Wildman–Crippen LogP) is 2.76. The van der Waals surface area contributed by atoms with Crippen LogP contribution in [0.15, 0.2) is 71.3 Å². The van der Waals surface area contributed by atoms with Gasteiger partial charge in [0.25, 0.3) is 5.91 Å². The zero-order chi connectivity index (χ0) is 19.0. The minimum Gasteiger partial charge on any atom is -0.352 e. The molecule has 0 aliphatic carbocycles. The lowest BCUT2D eigenvalue weighted by atomic mass is 10.1. The van der Waals surface area contributed by atoms with Crippen LogP contribution in [0.25, 0.3) is 0 Å². The van der Waals surface area contributed by atoms with Gasteiger partial charge in [-0.1, -0.05) is 30.3 Å². The zero-order valence-corrected chi connectivity index (χ0v) is 15.7. The van der Waals surface area contributed by atoms with Crippen molar-refractivity contribution in [3.63, 3.8) is 0 Å². The average molecular weight is 355 g/mol. The van der Waals surface area contributed by atoms with Crippen molar-refractivity contribution in [3.05, 3.63) is 76.6 Å². The van der Waals surface area contributed by atoms with Crippen LogP contribution >= 0.6 is 0 Å². The molecular formula is C20H27N4O2+. The number of nitrogens with zero attached hydrogens (tertiary/aromatic N) is 3. The highest BCUT2D eigenvalue weighted by atomic mass is 16.2. The van der Waals surface area contributed by atoms with Gasteiger partial charge in [-0.15, -0.1) is 4.91 Å². The van der Waals surface area contributed by atoms with Gasteiger partial charge in [0.2, 0.25) is 0 Å². The molecule has 0 bridgehead atoms. The van der Waals surface area contributed by atoms with E-state index in [4.69, 9.17) is 0 Å². The fourth-order valence-corrected chi connectivity index (χ4v) is 2.91. The summed E-state index contributed by atoms with van der Waals surface area (Å²) in [6.07, 6.45) is 7.21. The zero-order valence-electron chi connectivity index (χ0n) is 15.7. The maximum absolute atomic E-state index is 12.3. The first kappa shape index (κ1) is 19.6. The Bertz CT molecular complexity index is 721. The minimum absolute atomic E-state index is 0.112. The number of carbonyl (C=O) groups excluding carboxylic acids is 1. The third kappa shape index (κ3) is 5.97. The molecular weight excluding hydrogens is 328 g/mol. The summed E-state index contributed by atoms with van der Waals surface area (Å²) in [5, 5.41) is 5.71. The molecule has 2 rings (SSSR count). The van der Waals surface area contributed by atoms with Crippen molar-refractivity contribution in [1.82, 2.24) is 10.2 Å². The van der Waals surface area contributed by atoms with Crippen molar-refractivity contribution < 1.29 is 9.28 Å². The lowest BCUT2D eigenvalue weighted by molar-refractivity contribution is -0.903. The Hall–Kier alpha value is -2.73. The molecule has 1 N–H and O–H groups in total. The topological polar surface area (TPSA) is 61.8 Å². The van der Waals surface area contributed by atoms with E-state index >= 15 is 0 Å². The second-order valence-electron chi connectivity index (χ2n) is 7.10. The van der Waals surface area contributed by atoms with Crippen molar-refractivity contribution in [3.8, 4) is 0 Å². The van der Waals surface area contributed by atoms with Crippen molar-refractivity contribution in [2.24, 2.45) is 5.18 Å². The van der Waals surface area contributed by atoms with Gasteiger partial charge in [-0.3, -0.25) is 4.79 Å². The number of likely N-dealkylation sites (N-methyl/N-ethyl adjacent to an activating group) is 1. The van der Waals surface area contributed by atoms with E-state index in [-0.39, 0.29) is 5.91 Å². The minimum atomic E-state index is -0.112. The van der Waals surface area contributed by atoms with E-state index < -0.39 is 0 Å². The quantitative estimate of drug-likeness (QED) is 0.443. The maximum atomic E-state index is 12.3. The number of benzene rings is 1. The molecule has 0 spiro atoms. The number of allylic oxidation sites excluding steroid dienone is 1. The van der Waals surface area contributed by atoms with E-state index in [0.717, 1.165) is 24.0 Å². The number of carbonyl (C=O) groups is 1. The molecule has 1 amide bonds. The largest absolute Gasteiger partial charge is 0.352 e. The van der Waals surface area contributed by atoms with Crippen LogP contribution in [0.1, 0.15) is 12.0 Å². The summed E-state index contributed by atoms with van der Waals surface area (Å²) in [4.78, 5) is 24.3. The monoisotopic (exact) mass is 355 g/mol. The molecule has 6 nitrogen and oxygen atoms in total. The number of hydrogen-bond donors (Lipinski definition) is 1. The number of quaternary nitrogens is 1. The van der Waals surface area contributed by atoms with Crippen molar-refractivity contribution in [2.45, 2.75) is 13.0 Å². The summed E-state index contributed by atoms with van der Waals surface area (Å²) < 4.78 is 0.873. The molecule has 0 saturated heterocycles. The molecule has 1 aromatic rings. The number of amides is 1. The van der Waals surface area contributed by atoms with Crippen LogP contribution < -0.4 is 5.32 Å². The fraction of sp³-hybridized carbons (Fsp3) is 0.350. The predicted molar refractivity (Wildman–Crippen MR) is 104 cm³/mol. The van der Waals surface area contributed by atoms with Crippen LogP contribution in [0.3, 0.4) is 0 Å².